The monoisotopic (exact) mass is 351 g/mol. The summed E-state index contributed by atoms with van der Waals surface area (Å²) in [5.41, 5.74) is 5.38. The maximum atomic E-state index is 5.56. The van der Waals surface area contributed by atoms with Gasteiger partial charge in [-0.2, -0.15) is 0 Å². The first-order valence-electron chi connectivity index (χ1n) is 4.46. The zero-order chi connectivity index (χ0) is 11.3. The SMILES string of the molecule is NC(=S)CCCOc1ccc(Br)cc1Br. The average Bonchev–Trinajstić information content (AvgIpc) is 2.14. The first-order valence-corrected chi connectivity index (χ1v) is 6.45. The maximum Gasteiger partial charge on any atom is 0.133 e. The molecule has 0 bridgehead atoms. The summed E-state index contributed by atoms with van der Waals surface area (Å²) in [5, 5.41) is 0. The van der Waals surface area contributed by atoms with E-state index >= 15 is 0 Å². The second-order valence-electron chi connectivity index (χ2n) is 2.99. The predicted octanol–water partition coefficient (Wildman–Crippen LogP) is 3.66. The van der Waals surface area contributed by atoms with Gasteiger partial charge in [-0.15, -0.1) is 0 Å². The molecule has 0 saturated heterocycles. The lowest BCUT2D eigenvalue weighted by atomic mass is 10.3. The smallest absolute Gasteiger partial charge is 0.133 e. The molecule has 0 aromatic heterocycles. The Bertz CT molecular complexity index is 357. The summed E-state index contributed by atoms with van der Waals surface area (Å²) < 4.78 is 7.51. The highest BCUT2D eigenvalue weighted by Gasteiger charge is 2.01. The molecule has 0 heterocycles. The molecule has 0 unspecified atom stereocenters. The summed E-state index contributed by atoms with van der Waals surface area (Å²) >= 11 is 11.6. The van der Waals surface area contributed by atoms with Crippen LogP contribution in [-0.2, 0) is 0 Å². The van der Waals surface area contributed by atoms with E-state index < -0.39 is 0 Å². The van der Waals surface area contributed by atoms with Crippen molar-refractivity contribution in [2.45, 2.75) is 12.8 Å². The summed E-state index contributed by atoms with van der Waals surface area (Å²) in [6.45, 7) is 0.623. The van der Waals surface area contributed by atoms with Crippen LogP contribution in [0.25, 0.3) is 0 Å². The summed E-state index contributed by atoms with van der Waals surface area (Å²) in [7, 11) is 0. The Balaban J connectivity index is 2.40. The third-order valence-electron chi connectivity index (χ3n) is 1.72. The molecule has 82 valence electrons. The molecule has 0 radical (unpaired) electrons. The predicted molar refractivity (Wildman–Crippen MR) is 73.4 cm³/mol. The van der Waals surface area contributed by atoms with Gasteiger partial charge in [-0.1, -0.05) is 28.1 Å². The van der Waals surface area contributed by atoms with Gasteiger partial charge in [-0.25, -0.2) is 0 Å². The van der Waals surface area contributed by atoms with E-state index in [4.69, 9.17) is 22.7 Å². The van der Waals surface area contributed by atoms with Crippen molar-refractivity contribution < 1.29 is 4.74 Å². The maximum absolute atomic E-state index is 5.56. The second kappa shape index (κ2) is 6.45. The topological polar surface area (TPSA) is 35.2 Å². The Kier molecular flexibility index (Phi) is 5.56. The van der Waals surface area contributed by atoms with E-state index in [9.17, 15) is 0 Å². The van der Waals surface area contributed by atoms with Crippen LogP contribution in [0.4, 0.5) is 0 Å². The minimum absolute atomic E-state index is 0.536. The number of benzene rings is 1. The van der Waals surface area contributed by atoms with Crippen molar-refractivity contribution in [1.82, 2.24) is 0 Å². The molecule has 0 spiro atoms. The Morgan fingerprint density at radius 1 is 1.40 bits per heavy atom. The molecule has 0 aliphatic rings. The number of ether oxygens (including phenoxy) is 1. The highest BCUT2D eigenvalue weighted by Crippen LogP contribution is 2.28. The van der Waals surface area contributed by atoms with Crippen molar-refractivity contribution in [3.05, 3.63) is 27.1 Å². The van der Waals surface area contributed by atoms with Gasteiger partial charge in [0.25, 0.3) is 0 Å². The van der Waals surface area contributed by atoms with Gasteiger partial charge in [0.15, 0.2) is 0 Å². The Morgan fingerprint density at radius 2 is 2.13 bits per heavy atom. The number of rotatable bonds is 5. The van der Waals surface area contributed by atoms with Crippen molar-refractivity contribution in [2.24, 2.45) is 5.73 Å². The molecule has 0 saturated carbocycles. The van der Waals surface area contributed by atoms with E-state index in [-0.39, 0.29) is 0 Å². The average molecular weight is 353 g/mol. The standard InChI is InChI=1S/C10H11Br2NOS/c11-7-3-4-9(8(12)6-7)14-5-1-2-10(13)15/h3-4,6H,1-2,5H2,(H2,13,15). The Morgan fingerprint density at radius 3 is 2.73 bits per heavy atom. The summed E-state index contributed by atoms with van der Waals surface area (Å²) in [4.78, 5) is 0.536. The molecule has 2 N–H and O–H groups in total. The molecular formula is C10H11Br2NOS. The van der Waals surface area contributed by atoms with Gasteiger partial charge in [-0.05, 0) is 40.5 Å². The lowest BCUT2D eigenvalue weighted by molar-refractivity contribution is 0.312. The Labute approximate surface area is 111 Å². The van der Waals surface area contributed by atoms with Crippen LogP contribution in [-0.4, -0.2) is 11.6 Å². The van der Waals surface area contributed by atoms with E-state index in [1.54, 1.807) is 0 Å². The van der Waals surface area contributed by atoms with Crippen LogP contribution in [0, 0.1) is 0 Å². The quantitative estimate of drug-likeness (QED) is 0.648. The van der Waals surface area contributed by atoms with E-state index in [2.05, 4.69) is 31.9 Å². The molecular weight excluding hydrogens is 342 g/mol. The van der Waals surface area contributed by atoms with E-state index in [1.165, 1.54) is 0 Å². The van der Waals surface area contributed by atoms with Gasteiger partial charge >= 0.3 is 0 Å². The van der Waals surface area contributed by atoms with Crippen LogP contribution in [0.1, 0.15) is 12.8 Å². The zero-order valence-corrected chi connectivity index (χ0v) is 12.0. The fourth-order valence-corrected chi connectivity index (χ4v) is 2.33. The molecule has 0 atom stereocenters. The Hall–Kier alpha value is -0.130. The summed E-state index contributed by atoms with van der Waals surface area (Å²) in [6.07, 6.45) is 1.57. The highest BCUT2D eigenvalue weighted by molar-refractivity contribution is 9.11. The lowest BCUT2D eigenvalue weighted by Gasteiger charge is -2.07. The molecule has 15 heavy (non-hydrogen) atoms. The molecule has 1 rings (SSSR count). The third-order valence-corrected chi connectivity index (χ3v) is 3.04. The molecule has 0 amide bonds. The van der Waals surface area contributed by atoms with Gasteiger partial charge < -0.3 is 10.5 Å². The van der Waals surface area contributed by atoms with Crippen LogP contribution >= 0.6 is 44.1 Å². The van der Waals surface area contributed by atoms with E-state index in [0.717, 1.165) is 27.5 Å². The van der Waals surface area contributed by atoms with Crippen LogP contribution in [0.5, 0.6) is 5.75 Å². The minimum atomic E-state index is 0.536. The van der Waals surface area contributed by atoms with Crippen LogP contribution in [0.3, 0.4) is 0 Å². The second-order valence-corrected chi connectivity index (χ2v) is 5.29. The first-order chi connectivity index (χ1) is 7.09. The molecule has 1 aromatic rings. The van der Waals surface area contributed by atoms with Crippen molar-refractivity contribution >= 4 is 49.1 Å². The minimum Gasteiger partial charge on any atom is -0.492 e. The summed E-state index contributed by atoms with van der Waals surface area (Å²) in [6, 6.07) is 5.80. The highest BCUT2D eigenvalue weighted by atomic mass is 79.9. The number of thiocarbonyl (C=S) groups is 1. The number of nitrogens with two attached hydrogens (primary N) is 1. The number of hydrogen-bond donors (Lipinski definition) is 1. The van der Waals surface area contributed by atoms with Crippen LogP contribution in [0.2, 0.25) is 0 Å². The number of hydrogen-bond acceptors (Lipinski definition) is 2. The molecule has 0 aliphatic heterocycles. The summed E-state index contributed by atoms with van der Waals surface area (Å²) in [5.74, 6) is 0.834. The van der Waals surface area contributed by atoms with Crippen molar-refractivity contribution in [1.29, 1.82) is 0 Å². The lowest BCUT2D eigenvalue weighted by Crippen LogP contribution is -2.09. The molecule has 1 aromatic carbocycles. The molecule has 0 fully saturated rings. The van der Waals surface area contributed by atoms with Crippen LogP contribution < -0.4 is 10.5 Å². The van der Waals surface area contributed by atoms with Gasteiger partial charge in [0.05, 0.1) is 16.1 Å². The third kappa shape index (κ3) is 4.95. The fraction of sp³-hybridized carbons (Fsp3) is 0.300. The van der Waals surface area contributed by atoms with Gasteiger partial charge in [0, 0.05) is 10.9 Å². The van der Waals surface area contributed by atoms with E-state index in [0.29, 0.717) is 11.6 Å². The van der Waals surface area contributed by atoms with Gasteiger partial charge in [0.2, 0.25) is 0 Å². The number of halogens is 2. The van der Waals surface area contributed by atoms with E-state index in [1.807, 2.05) is 18.2 Å². The van der Waals surface area contributed by atoms with Crippen molar-refractivity contribution in [3.63, 3.8) is 0 Å². The van der Waals surface area contributed by atoms with Crippen LogP contribution in [0.15, 0.2) is 27.1 Å². The van der Waals surface area contributed by atoms with Gasteiger partial charge in [0.1, 0.15) is 5.75 Å². The fourth-order valence-electron chi connectivity index (χ4n) is 1.02. The van der Waals surface area contributed by atoms with Gasteiger partial charge in [-0.3, -0.25) is 0 Å². The van der Waals surface area contributed by atoms with Crippen molar-refractivity contribution in [2.75, 3.05) is 6.61 Å². The van der Waals surface area contributed by atoms with Crippen molar-refractivity contribution in [3.8, 4) is 5.75 Å². The first kappa shape index (κ1) is 12.9. The normalized spacial score (nSPS) is 10.0. The largest absolute Gasteiger partial charge is 0.492 e. The zero-order valence-electron chi connectivity index (χ0n) is 8.00. The molecule has 2 nitrogen and oxygen atoms in total. The molecule has 0 aliphatic carbocycles. The molecule has 5 heteroatoms.